The molecule has 0 fully saturated rings. The second-order valence-corrected chi connectivity index (χ2v) is 1.82. The molecular formula is C5H9ClO. The van der Waals surface area contributed by atoms with Crippen molar-refractivity contribution in [3.63, 3.8) is 0 Å². The van der Waals surface area contributed by atoms with E-state index in [4.69, 9.17) is 11.6 Å². The van der Waals surface area contributed by atoms with E-state index in [1.54, 1.807) is 7.11 Å². The first-order valence-electron chi connectivity index (χ1n) is 2.05. The lowest BCUT2D eigenvalue weighted by atomic mass is 10.4. The predicted molar refractivity (Wildman–Crippen MR) is 31.2 cm³/mol. The summed E-state index contributed by atoms with van der Waals surface area (Å²) in [4.78, 5) is 0. The normalized spacial score (nSPS) is 8.00. The molecule has 0 aliphatic rings. The molecule has 0 radical (unpaired) electrons. The number of allylic oxidation sites excluding steroid dienone is 1. The molecule has 0 amide bonds. The van der Waals surface area contributed by atoms with Gasteiger partial charge in [0.2, 0.25) is 0 Å². The Labute approximate surface area is 48.9 Å². The summed E-state index contributed by atoms with van der Waals surface area (Å²) >= 11 is 5.46. The largest absolute Gasteiger partial charge is 0.486 e. The lowest BCUT2D eigenvalue weighted by molar-refractivity contribution is 0.317. The Kier molecular flexibility index (Phi) is 2.84. The van der Waals surface area contributed by atoms with E-state index in [9.17, 15) is 0 Å². The van der Waals surface area contributed by atoms with E-state index in [-0.39, 0.29) is 0 Å². The van der Waals surface area contributed by atoms with E-state index >= 15 is 0 Å². The van der Waals surface area contributed by atoms with Crippen LogP contribution in [-0.4, -0.2) is 7.11 Å². The third-order valence-electron chi connectivity index (χ3n) is 0.572. The van der Waals surface area contributed by atoms with Gasteiger partial charge < -0.3 is 4.74 Å². The fourth-order valence-corrected chi connectivity index (χ4v) is 0.204. The summed E-state index contributed by atoms with van der Waals surface area (Å²) < 4.78 is 4.66. The monoisotopic (exact) mass is 120 g/mol. The maximum Gasteiger partial charge on any atom is 0.185 e. The van der Waals surface area contributed by atoms with Crippen LogP contribution in [0.25, 0.3) is 0 Å². The first-order valence-corrected chi connectivity index (χ1v) is 2.43. The zero-order valence-electron chi connectivity index (χ0n) is 4.79. The van der Waals surface area contributed by atoms with Crippen LogP contribution in [-0.2, 0) is 4.74 Å². The van der Waals surface area contributed by atoms with Gasteiger partial charge >= 0.3 is 0 Å². The Morgan fingerprint density at radius 1 is 1.43 bits per heavy atom. The summed E-state index contributed by atoms with van der Waals surface area (Å²) in [5, 5.41) is 0.486. The average molecular weight is 121 g/mol. The maximum atomic E-state index is 5.46. The molecule has 0 rings (SSSR count). The van der Waals surface area contributed by atoms with Gasteiger partial charge in [0.25, 0.3) is 0 Å². The lowest BCUT2D eigenvalue weighted by Crippen LogP contribution is -1.77. The van der Waals surface area contributed by atoms with Gasteiger partial charge in [-0.15, -0.1) is 0 Å². The van der Waals surface area contributed by atoms with Crippen LogP contribution in [0.15, 0.2) is 10.8 Å². The highest BCUT2D eigenvalue weighted by Crippen LogP contribution is 2.06. The van der Waals surface area contributed by atoms with Crippen molar-refractivity contribution in [1.82, 2.24) is 0 Å². The second kappa shape index (κ2) is 2.92. The summed E-state index contributed by atoms with van der Waals surface area (Å²) in [6.45, 7) is 3.79. The highest BCUT2D eigenvalue weighted by molar-refractivity contribution is 6.28. The molecule has 0 aliphatic carbocycles. The molecule has 42 valence electrons. The minimum atomic E-state index is 0.486. The highest BCUT2D eigenvalue weighted by atomic mass is 35.5. The van der Waals surface area contributed by atoms with E-state index in [1.807, 2.05) is 13.8 Å². The van der Waals surface area contributed by atoms with Gasteiger partial charge in [-0.1, -0.05) is 0 Å². The minimum absolute atomic E-state index is 0.486. The van der Waals surface area contributed by atoms with Gasteiger partial charge in [-0.3, -0.25) is 0 Å². The van der Waals surface area contributed by atoms with Gasteiger partial charge in [0.05, 0.1) is 7.11 Å². The van der Waals surface area contributed by atoms with E-state index in [0.717, 1.165) is 5.57 Å². The minimum Gasteiger partial charge on any atom is -0.486 e. The van der Waals surface area contributed by atoms with Crippen LogP contribution in [0.4, 0.5) is 0 Å². The van der Waals surface area contributed by atoms with E-state index in [1.165, 1.54) is 0 Å². The SMILES string of the molecule is COC(Cl)=C(C)C. The smallest absolute Gasteiger partial charge is 0.185 e. The Morgan fingerprint density at radius 2 is 1.86 bits per heavy atom. The molecule has 0 spiro atoms. The number of hydrogen-bond acceptors (Lipinski definition) is 1. The van der Waals surface area contributed by atoms with Gasteiger partial charge in [0, 0.05) is 0 Å². The summed E-state index contributed by atoms with van der Waals surface area (Å²) in [5.41, 5.74) is 1.00. The molecule has 0 atom stereocenters. The third kappa shape index (κ3) is 2.52. The van der Waals surface area contributed by atoms with Crippen molar-refractivity contribution in [3.8, 4) is 0 Å². The van der Waals surface area contributed by atoms with E-state index in [0.29, 0.717) is 5.22 Å². The first-order chi connectivity index (χ1) is 3.18. The van der Waals surface area contributed by atoms with E-state index < -0.39 is 0 Å². The molecule has 0 bridgehead atoms. The summed E-state index contributed by atoms with van der Waals surface area (Å²) in [6.07, 6.45) is 0. The van der Waals surface area contributed by atoms with Crippen molar-refractivity contribution < 1.29 is 4.74 Å². The molecule has 0 saturated heterocycles. The lowest BCUT2D eigenvalue weighted by Gasteiger charge is -1.95. The Morgan fingerprint density at radius 3 is 1.86 bits per heavy atom. The molecule has 0 aromatic rings. The number of ether oxygens (including phenoxy) is 1. The second-order valence-electron chi connectivity index (χ2n) is 1.48. The molecule has 7 heavy (non-hydrogen) atoms. The molecule has 1 nitrogen and oxygen atoms in total. The van der Waals surface area contributed by atoms with Crippen LogP contribution in [0.3, 0.4) is 0 Å². The van der Waals surface area contributed by atoms with Crippen LogP contribution in [0, 0.1) is 0 Å². The van der Waals surface area contributed by atoms with Crippen LogP contribution in [0.2, 0.25) is 0 Å². The fraction of sp³-hybridized carbons (Fsp3) is 0.600. The van der Waals surface area contributed by atoms with Crippen molar-refractivity contribution in [1.29, 1.82) is 0 Å². The Balaban J connectivity index is 3.72. The van der Waals surface area contributed by atoms with Crippen LogP contribution in [0.1, 0.15) is 13.8 Å². The molecule has 2 heteroatoms. The van der Waals surface area contributed by atoms with Crippen molar-refractivity contribution in [3.05, 3.63) is 10.8 Å². The summed E-state index contributed by atoms with van der Waals surface area (Å²) in [7, 11) is 1.55. The maximum absolute atomic E-state index is 5.46. The number of hydrogen-bond donors (Lipinski definition) is 0. The van der Waals surface area contributed by atoms with Gasteiger partial charge in [0.1, 0.15) is 0 Å². The molecule has 0 heterocycles. The summed E-state index contributed by atoms with van der Waals surface area (Å²) in [5.74, 6) is 0. The molecule has 0 N–H and O–H groups in total. The van der Waals surface area contributed by atoms with Crippen LogP contribution < -0.4 is 0 Å². The standard InChI is InChI=1S/C5H9ClO/c1-4(2)5(6)7-3/h1-3H3. The molecular weight excluding hydrogens is 112 g/mol. The molecule has 0 unspecified atom stereocenters. The van der Waals surface area contributed by atoms with Crippen molar-refractivity contribution in [2.75, 3.05) is 7.11 Å². The fourth-order valence-electron chi connectivity index (χ4n) is 0.204. The van der Waals surface area contributed by atoms with E-state index in [2.05, 4.69) is 4.74 Å². The van der Waals surface area contributed by atoms with Crippen molar-refractivity contribution in [2.45, 2.75) is 13.8 Å². The molecule has 0 saturated carbocycles. The number of rotatable bonds is 1. The van der Waals surface area contributed by atoms with Crippen LogP contribution in [0.5, 0.6) is 0 Å². The number of halogens is 1. The number of methoxy groups -OCH3 is 1. The van der Waals surface area contributed by atoms with Crippen LogP contribution >= 0.6 is 11.6 Å². The molecule has 0 aromatic heterocycles. The Hall–Kier alpha value is -0.170. The average Bonchev–Trinajstić information content (AvgIpc) is 1.65. The first kappa shape index (κ1) is 6.83. The molecule has 0 aliphatic heterocycles. The zero-order chi connectivity index (χ0) is 5.86. The summed E-state index contributed by atoms with van der Waals surface area (Å²) in [6, 6.07) is 0. The third-order valence-corrected chi connectivity index (χ3v) is 1.10. The van der Waals surface area contributed by atoms with Gasteiger partial charge in [-0.2, -0.15) is 0 Å². The van der Waals surface area contributed by atoms with Gasteiger partial charge in [-0.05, 0) is 31.0 Å². The van der Waals surface area contributed by atoms with Crippen molar-refractivity contribution in [2.24, 2.45) is 0 Å². The van der Waals surface area contributed by atoms with Crippen molar-refractivity contribution >= 4 is 11.6 Å². The quantitative estimate of drug-likeness (QED) is 0.482. The molecule has 0 aromatic carbocycles. The topological polar surface area (TPSA) is 9.23 Å². The highest BCUT2D eigenvalue weighted by Gasteiger charge is 1.87. The van der Waals surface area contributed by atoms with Gasteiger partial charge in [0.15, 0.2) is 5.22 Å². The van der Waals surface area contributed by atoms with Gasteiger partial charge in [-0.25, -0.2) is 0 Å². The predicted octanol–water partition coefficient (Wildman–Crippen LogP) is 2.12. The zero-order valence-corrected chi connectivity index (χ0v) is 5.54. The Bertz CT molecular complexity index is 82.1.